The molecule has 0 unspecified atom stereocenters. The molecule has 0 fully saturated rings. The molecule has 0 amide bonds. The lowest BCUT2D eigenvalue weighted by Crippen LogP contribution is -2.20. The van der Waals surface area contributed by atoms with Gasteiger partial charge in [0.2, 0.25) is 0 Å². The molecule has 0 aromatic heterocycles. The molecule has 0 saturated carbocycles. The van der Waals surface area contributed by atoms with E-state index in [-0.39, 0.29) is 0 Å². The Morgan fingerprint density at radius 1 is 1.00 bits per heavy atom. The van der Waals surface area contributed by atoms with Gasteiger partial charge in [-0.15, -0.1) is 11.8 Å². The topological polar surface area (TPSA) is 24.4 Å². The van der Waals surface area contributed by atoms with Crippen molar-refractivity contribution in [2.75, 3.05) is 18.8 Å². The van der Waals surface area contributed by atoms with E-state index in [0.29, 0.717) is 0 Å². The lowest BCUT2D eigenvalue weighted by atomic mass is 10.1. The van der Waals surface area contributed by atoms with Gasteiger partial charge in [-0.3, -0.25) is 4.99 Å². The van der Waals surface area contributed by atoms with Gasteiger partial charge >= 0.3 is 0 Å². The molecular weight excluding hydrogens is 348 g/mol. The summed E-state index contributed by atoms with van der Waals surface area (Å²) in [5.74, 6) is 2.06. The van der Waals surface area contributed by atoms with Crippen LogP contribution in [0.1, 0.15) is 58.9 Å². The zero-order chi connectivity index (χ0) is 19.5. The minimum absolute atomic E-state index is 0.884. The molecule has 2 nitrogen and oxygen atoms in total. The molecule has 146 valence electrons. The number of rotatable bonds is 10. The average molecular weight is 383 g/mol. The first-order chi connectivity index (χ1) is 13.1. The zero-order valence-corrected chi connectivity index (χ0v) is 18.2. The summed E-state index contributed by atoms with van der Waals surface area (Å²) in [5, 5.41) is 3.38. The molecule has 1 aromatic carbocycles. The fourth-order valence-corrected chi connectivity index (χ4v) is 4.02. The molecule has 1 heterocycles. The van der Waals surface area contributed by atoms with Crippen molar-refractivity contribution in [1.29, 1.82) is 0 Å². The quantitative estimate of drug-likeness (QED) is 0.366. The van der Waals surface area contributed by atoms with Gasteiger partial charge in [0.25, 0.3) is 0 Å². The first-order valence-electron chi connectivity index (χ1n) is 10.0. The number of benzene rings is 1. The van der Waals surface area contributed by atoms with Crippen LogP contribution in [-0.4, -0.2) is 24.7 Å². The third kappa shape index (κ3) is 8.21. The van der Waals surface area contributed by atoms with Gasteiger partial charge in [-0.05, 0) is 59.4 Å². The maximum Gasteiger partial charge on any atom is 0.129 e. The third-order valence-corrected chi connectivity index (χ3v) is 5.61. The number of hydrogen-bond acceptors (Lipinski definition) is 3. The largest absolute Gasteiger partial charge is 0.368 e. The Morgan fingerprint density at radius 3 is 2.41 bits per heavy atom. The Morgan fingerprint density at radius 2 is 1.70 bits per heavy atom. The number of amidine groups is 1. The summed E-state index contributed by atoms with van der Waals surface area (Å²) in [7, 11) is 0. The smallest absolute Gasteiger partial charge is 0.129 e. The molecule has 0 saturated heterocycles. The molecule has 1 aliphatic heterocycles. The van der Waals surface area contributed by atoms with Gasteiger partial charge in [-0.25, -0.2) is 0 Å². The Balaban J connectivity index is 1.77. The second-order valence-corrected chi connectivity index (χ2v) is 8.49. The van der Waals surface area contributed by atoms with Crippen LogP contribution in [0.5, 0.6) is 0 Å². The van der Waals surface area contributed by atoms with Gasteiger partial charge < -0.3 is 5.32 Å². The molecule has 27 heavy (non-hydrogen) atoms. The van der Waals surface area contributed by atoms with Crippen molar-refractivity contribution >= 4 is 17.6 Å². The van der Waals surface area contributed by atoms with Crippen molar-refractivity contribution in [3.63, 3.8) is 0 Å². The summed E-state index contributed by atoms with van der Waals surface area (Å²) < 4.78 is 0. The summed E-state index contributed by atoms with van der Waals surface area (Å²) in [5.41, 5.74) is 5.63. The van der Waals surface area contributed by atoms with Crippen LogP contribution in [0.4, 0.5) is 0 Å². The van der Waals surface area contributed by atoms with E-state index in [9.17, 15) is 0 Å². The van der Waals surface area contributed by atoms with Crippen LogP contribution >= 0.6 is 11.8 Å². The highest BCUT2D eigenvalue weighted by molar-refractivity contribution is 7.99. The van der Waals surface area contributed by atoms with Crippen LogP contribution in [-0.2, 0) is 0 Å². The number of hydrogen-bond donors (Lipinski definition) is 1. The normalized spacial score (nSPS) is 14.7. The van der Waals surface area contributed by atoms with Gasteiger partial charge in [0.15, 0.2) is 0 Å². The number of thioether (sulfide) groups is 1. The van der Waals surface area contributed by atoms with Gasteiger partial charge in [-0.2, -0.15) is 0 Å². The lowest BCUT2D eigenvalue weighted by molar-refractivity contribution is 0.917. The van der Waals surface area contributed by atoms with Crippen LogP contribution in [0.25, 0.3) is 0 Å². The fourth-order valence-electron chi connectivity index (χ4n) is 2.98. The van der Waals surface area contributed by atoms with Crippen molar-refractivity contribution in [2.45, 2.75) is 58.3 Å². The van der Waals surface area contributed by atoms with E-state index in [1.807, 2.05) is 11.8 Å². The monoisotopic (exact) mass is 382 g/mol. The highest BCUT2D eigenvalue weighted by Crippen LogP contribution is 2.24. The predicted octanol–water partition coefficient (Wildman–Crippen LogP) is 6.55. The molecule has 1 aromatic rings. The highest BCUT2D eigenvalue weighted by Gasteiger charge is 2.11. The second-order valence-electron chi connectivity index (χ2n) is 7.42. The van der Waals surface area contributed by atoms with Crippen LogP contribution in [0.2, 0.25) is 0 Å². The number of nitrogens with one attached hydrogen (secondary N) is 1. The molecular formula is C24H34N2S. The Bertz CT molecular complexity index is 722. The van der Waals surface area contributed by atoms with E-state index in [1.165, 1.54) is 33.6 Å². The maximum absolute atomic E-state index is 4.56. The first-order valence-corrected chi connectivity index (χ1v) is 11.0. The second kappa shape index (κ2) is 11.9. The minimum atomic E-state index is 0.884. The third-order valence-electron chi connectivity index (χ3n) is 4.61. The highest BCUT2D eigenvalue weighted by atomic mass is 32.2. The summed E-state index contributed by atoms with van der Waals surface area (Å²) in [6.07, 6.45) is 11.7. The van der Waals surface area contributed by atoms with E-state index in [0.717, 1.165) is 43.9 Å². The zero-order valence-electron chi connectivity index (χ0n) is 17.3. The van der Waals surface area contributed by atoms with Crippen molar-refractivity contribution in [3.8, 4) is 0 Å². The van der Waals surface area contributed by atoms with Crippen molar-refractivity contribution in [2.24, 2.45) is 4.99 Å². The van der Waals surface area contributed by atoms with Crippen LogP contribution in [0.15, 0.2) is 69.1 Å². The van der Waals surface area contributed by atoms with E-state index in [4.69, 9.17) is 0 Å². The molecule has 2 rings (SSSR count). The first kappa shape index (κ1) is 21.6. The number of allylic oxidation sites excluding steroid dienone is 5. The van der Waals surface area contributed by atoms with Crippen LogP contribution in [0, 0.1) is 0 Å². The summed E-state index contributed by atoms with van der Waals surface area (Å²) in [6, 6.07) is 8.57. The molecule has 0 aliphatic carbocycles. The predicted molar refractivity (Wildman–Crippen MR) is 122 cm³/mol. The molecule has 0 radical (unpaired) electrons. The number of aliphatic imine (C=N–C) groups is 1. The Labute approximate surface area is 169 Å². The molecule has 1 aliphatic rings. The van der Waals surface area contributed by atoms with Crippen molar-refractivity contribution in [1.82, 2.24) is 5.32 Å². The van der Waals surface area contributed by atoms with Crippen LogP contribution < -0.4 is 5.32 Å². The lowest BCUT2D eigenvalue weighted by Gasteiger charge is -2.09. The van der Waals surface area contributed by atoms with E-state index >= 15 is 0 Å². The Hall–Kier alpha value is -1.74. The molecule has 1 N–H and O–H groups in total. The SMILES string of the molecule is CC(C)=CCCC(C)=CCCC(C)=CCSc1ccccc1C1=NCCN1. The van der Waals surface area contributed by atoms with Gasteiger partial charge in [0, 0.05) is 22.8 Å². The summed E-state index contributed by atoms with van der Waals surface area (Å²) in [6.45, 7) is 10.7. The Kier molecular flexibility index (Phi) is 9.47. The average Bonchev–Trinajstić information content (AvgIpc) is 3.16. The molecule has 0 atom stereocenters. The van der Waals surface area contributed by atoms with E-state index in [1.54, 1.807) is 0 Å². The fraction of sp³-hybridized carbons (Fsp3) is 0.458. The van der Waals surface area contributed by atoms with Crippen LogP contribution in [0.3, 0.4) is 0 Å². The summed E-state index contributed by atoms with van der Waals surface area (Å²) in [4.78, 5) is 5.87. The molecule has 3 heteroatoms. The number of nitrogens with zero attached hydrogens (tertiary/aromatic N) is 1. The standard InChI is InChI=1S/C24H34N2S/c1-19(2)9-7-10-20(3)11-8-12-21(4)15-18-27-23-14-6-5-13-22(23)24-25-16-17-26-24/h5-6,9,11,13-15H,7-8,10,12,16-18H2,1-4H3,(H,25,26). The van der Waals surface area contributed by atoms with E-state index in [2.05, 4.69) is 80.5 Å². The molecule has 0 spiro atoms. The van der Waals surface area contributed by atoms with Gasteiger partial charge in [0.1, 0.15) is 5.84 Å². The van der Waals surface area contributed by atoms with Gasteiger partial charge in [-0.1, -0.05) is 53.1 Å². The molecule has 0 bridgehead atoms. The van der Waals surface area contributed by atoms with E-state index < -0.39 is 0 Å². The van der Waals surface area contributed by atoms with Crippen molar-refractivity contribution in [3.05, 3.63) is 64.8 Å². The van der Waals surface area contributed by atoms with Crippen molar-refractivity contribution < 1.29 is 0 Å². The summed E-state index contributed by atoms with van der Waals surface area (Å²) >= 11 is 1.90. The maximum atomic E-state index is 4.56. The minimum Gasteiger partial charge on any atom is -0.368 e. The van der Waals surface area contributed by atoms with Gasteiger partial charge in [0.05, 0.1) is 6.54 Å².